The van der Waals surface area contributed by atoms with E-state index in [4.69, 9.17) is 0 Å². The molecule has 112 valence electrons. The molecule has 0 heterocycles. The van der Waals surface area contributed by atoms with E-state index in [9.17, 15) is 0 Å². The van der Waals surface area contributed by atoms with Gasteiger partial charge in [-0.15, -0.1) is 0 Å². The van der Waals surface area contributed by atoms with E-state index in [1.807, 2.05) is 0 Å². The molecule has 0 saturated heterocycles. The normalized spacial score (nSPS) is 18.5. The summed E-state index contributed by atoms with van der Waals surface area (Å²) in [7, 11) is 0. The molecule has 1 N–H and O–H groups in total. The fraction of sp³-hybridized carbons (Fsp3) is 0.500. The largest absolute Gasteiger partial charge is 0.310 e. The van der Waals surface area contributed by atoms with Crippen LogP contribution in [0.3, 0.4) is 0 Å². The van der Waals surface area contributed by atoms with Gasteiger partial charge in [0.15, 0.2) is 0 Å². The lowest BCUT2D eigenvalue weighted by Crippen LogP contribution is -2.28. The summed E-state index contributed by atoms with van der Waals surface area (Å²) in [5.41, 5.74) is 1.47. The van der Waals surface area contributed by atoms with Crippen LogP contribution in [-0.4, -0.2) is 6.54 Å². The lowest BCUT2D eigenvalue weighted by Gasteiger charge is -2.27. The topological polar surface area (TPSA) is 12.0 Å². The van der Waals surface area contributed by atoms with E-state index >= 15 is 0 Å². The van der Waals surface area contributed by atoms with Crippen molar-refractivity contribution in [2.24, 2.45) is 5.92 Å². The van der Waals surface area contributed by atoms with Gasteiger partial charge in [0.1, 0.15) is 0 Å². The van der Waals surface area contributed by atoms with Crippen LogP contribution in [0.1, 0.15) is 57.1 Å². The van der Waals surface area contributed by atoms with Gasteiger partial charge in [0, 0.05) is 6.04 Å². The Morgan fingerprint density at radius 1 is 0.952 bits per heavy atom. The Labute approximate surface area is 128 Å². The number of fused-ring (bicyclic) bond motifs is 1. The second-order valence-corrected chi connectivity index (χ2v) is 6.39. The predicted octanol–water partition coefficient (Wildman–Crippen LogP) is 5.46. The number of benzene rings is 2. The number of nitrogens with one attached hydrogen (secondary N) is 1. The first-order valence-electron chi connectivity index (χ1n) is 8.60. The summed E-state index contributed by atoms with van der Waals surface area (Å²) in [5, 5.41) is 6.47. The van der Waals surface area contributed by atoms with Crippen molar-refractivity contribution in [3.05, 3.63) is 48.0 Å². The molecule has 1 unspecified atom stereocenters. The van der Waals surface area contributed by atoms with Gasteiger partial charge in [-0.1, -0.05) is 69.0 Å². The molecular weight excluding hydrogens is 254 g/mol. The number of hydrogen-bond acceptors (Lipinski definition) is 1. The highest BCUT2D eigenvalue weighted by molar-refractivity contribution is 5.83. The van der Waals surface area contributed by atoms with Crippen LogP contribution in [0.15, 0.2) is 42.5 Å². The zero-order chi connectivity index (χ0) is 14.5. The summed E-state index contributed by atoms with van der Waals surface area (Å²) in [6.45, 7) is 3.28. The summed E-state index contributed by atoms with van der Waals surface area (Å²) in [6, 6.07) is 16.2. The van der Waals surface area contributed by atoms with Crippen molar-refractivity contribution in [1.82, 2.24) is 5.32 Å². The summed E-state index contributed by atoms with van der Waals surface area (Å²) in [4.78, 5) is 0. The summed E-state index contributed by atoms with van der Waals surface area (Å²) in [5.74, 6) is 0.800. The highest BCUT2D eigenvalue weighted by Crippen LogP contribution is 2.34. The van der Waals surface area contributed by atoms with E-state index < -0.39 is 0 Å². The van der Waals surface area contributed by atoms with Crippen LogP contribution in [0.5, 0.6) is 0 Å². The molecule has 21 heavy (non-hydrogen) atoms. The average molecular weight is 281 g/mol. The van der Waals surface area contributed by atoms with Crippen molar-refractivity contribution in [3.63, 3.8) is 0 Å². The zero-order valence-electron chi connectivity index (χ0n) is 13.1. The second-order valence-electron chi connectivity index (χ2n) is 6.39. The van der Waals surface area contributed by atoms with E-state index in [0.29, 0.717) is 6.04 Å². The first-order valence-corrected chi connectivity index (χ1v) is 8.60. The maximum atomic E-state index is 3.76. The van der Waals surface area contributed by atoms with Crippen LogP contribution in [-0.2, 0) is 0 Å². The highest BCUT2D eigenvalue weighted by Gasteiger charge is 2.23. The van der Waals surface area contributed by atoms with Crippen molar-refractivity contribution >= 4 is 10.8 Å². The van der Waals surface area contributed by atoms with Gasteiger partial charge < -0.3 is 5.32 Å². The van der Waals surface area contributed by atoms with Crippen LogP contribution < -0.4 is 5.32 Å². The lowest BCUT2D eigenvalue weighted by molar-refractivity contribution is 0.330. The van der Waals surface area contributed by atoms with Crippen LogP contribution in [0.4, 0.5) is 0 Å². The Kier molecular flexibility index (Phi) is 4.92. The zero-order valence-corrected chi connectivity index (χ0v) is 13.1. The minimum absolute atomic E-state index is 0.526. The SMILES string of the molecule is CCNC(c1ccc2ccccc2c1)C1CCCCCC1. The van der Waals surface area contributed by atoms with E-state index in [2.05, 4.69) is 54.7 Å². The minimum atomic E-state index is 0.526. The molecule has 1 aliphatic carbocycles. The number of rotatable bonds is 4. The van der Waals surface area contributed by atoms with Gasteiger partial charge in [-0.25, -0.2) is 0 Å². The Hall–Kier alpha value is -1.34. The molecule has 2 aromatic rings. The lowest BCUT2D eigenvalue weighted by atomic mass is 9.86. The quantitative estimate of drug-likeness (QED) is 0.734. The molecular formula is C20H27N. The third-order valence-electron chi connectivity index (χ3n) is 4.93. The van der Waals surface area contributed by atoms with Crippen molar-refractivity contribution in [2.45, 2.75) is 51.5 Å². The molecule has 0 aliphatic heterocycles. The van der Waals surface area contributed by atoms with Gasteiger partial charge in [-0.05, 0) is 47.7 Å². The molecule has 0 spiro atoms. The predicted molar refractivity (Wildman–Crippen MR) is 91.6 cm³/mol. The van der Waals surface area contributed by atoms with Crippen molar-refractivity contribution in [3.8, 4) is 0 Å². The van der Waals surface area contributed by atoms with Gasteiger partial charge in [-0.2, -0.15) is 0 Å². The molecule has 1 atom stereocenters. The van der Waals surface area contributed by atoms with Gasteiger partial charge in [-0.3, -0.25) is 0 Å². The van der Waals surface area contributed by atoms with Crippen LogP contribution >= 0.6 is 0 Å². The maximum absolute atomic E-state index is 3.76. The Morgan fingerprint density at radius 2 is 1.67 bits per heavy atom. The Balaban J connectivity index is 1.90. The molecule has 3 rings (SSSR count). The molecule has 0 aromatic heterocycles. The monoisotopic (exact) mass is 281 g/mol. The molecule has 1 saturated carbocycles. The van der Waals surface area contributed by atoms with Gasteiger partial charge in [0.2, 0.25) is 0 Å². The standard InChI is InChI=1S/C20H27N/c1-2-21-20(17-10-5-3-4-6-11-17)19-14-13-16-9-7-8-12-18(16)15-19/h7-9,12-15,17,20-21H,2-6,10-11H2,1H3. The molecule has 0 amide bonds. The fourth-order valence-electron chi connectivity index (χ4n) is 3.82. The molecule has 0 radical (unpaired) electrons. The molecule has 1 aliphatic rings. The van der Waals surface area contributed by atoms with E-state index in [0.717, 1.165) is 12.5 Å². The van der Waals surface area contributed by atoms with E-state index in [1.165, 1.54) is 54.9 Å². The van der Waals surface area contributed by atoms with Crippen LogP contribution in [0.25, 0.3) is 10.8 Å². The Bertz CT molecular complexity index is 567. The fourth-order valence-corrected chi connectivity index (χ4v) is 3.82. The van der Waals surface area contributed by atoms with E-state index in [1.54, 1.807) is 0 Å². The smallest absolute Gasteiger partial charge is 0.0348 e. The third-order valence-corrected chi connectivity index (χ3v) is 4.93. The summed E-state index contributed by atoms with van der Waals surface area (Å²) in [6.07, 6.45) is 8.41. The van der Waals surface area contributed by atoms with Crippen molar-refractivity contribution in [2.75, 3.05) is 6.54 Å². The molecule has 2 aromatic carbocycles. The molecule has 1 heteroatoms. The van der Waals surface area contributed by atoms with Gasteiger partial charge in [0.25, 0.3) is 0 Å². The van der Waals surface area contributed by atoms with E-state index in [-0.39, 0.29) is 0 Å². The Morgan fingerprint density at radius 3 is 2.38 bits per heavy atom. The first kappa shape index (κ1) is 14.6. The van der Waals surface area contributed by atoms with Crippen LogP contribution in [0, 0.1) is 5.92 Å². The van der Waals surface area contributed by atoms with Crippen molar-refractivity contribution < 1.29 is 0 Å². The van der Waals surface area contributed by atoms with Crippen LogP contribution in [0.2, 0.25) is 0 Å². The minimum Gasteiger partial charge on any atom is -0.310 e. The number of hydrogen-bond donors (Lipinski definition) is 1. The molecule has 1 nitrogen and oxygen atoms in total. The van der Waals surface area contributed by atoms with Gasteiger partial charge >= 0.3 is 0 Å². The van der Waals surface area contributed by atoms with Gasteiger partial charge in [0.05, 0.1) is 0 Å². The summed E-state index contributed by atoms with van der Waals surface area (Å²) < 4.78 is 0. The molecule has 0 bridgehead atoms. The van der Waals surface area contributed by atoms with Crippen molar-refractivity contribution in [1.29, 1.82) is 0 Å². The third kappa shape index (κ3) is 3.47. The first-order chi connectivity index (χ1) is 10.4. The maximum Gasteiger partial charge on any atom is 0.0348 e. The average Bonchev–Trinajstić information content (AvgIpc) is 2.81. The summed E-state index contributed by atoms with van der Waals surface area (Å²) >= 11 is 0. The molecule has 1 fully saturated rings. The second kappa shape index (κ2) is 7.09. The highest BCUT2D eigenvalue weighted by atomic mass is 14.9.